The highest BCUT2D eigenvalue weighted by Gasteiger charge is 2.16. The predicted octanol–water partition coefficient (Wildman–Crippen LogP) is 0.505. The molecule has 5 nitrogen and oxygen atoms in total. The average molecular weight is 235 g/mol. The minimum atomic E-state index is 0.783. The van der Waals surface area contributed by atoms with Gasteiger partial charge >= 0.3 is 0 Å². The van der Waals surface area contributed by atoms with Crippen LogP contribution in [0.3, 0.4) is 0 Å². The zero-order valence-electron chi connectivity index (χ0n) is 10.4. The quantitative estimate of drug-likeness (QED) is 0.588. The van der Waals surface area contributed by atoms with E-state index in [2.05, 4.69) is 33.2 Å². The summed E-state index contributed by atoms with van der Waals surface area (Å²) in [7, 11) is 0. The van der Waals surface area contributed by atoms with E-state index in [-0.39, 0.29) is 0 Å². The Morgan fingerprint density at radius 2 is 2.00 bits per heavy atom. The third-order valence-electron chi connectivity index (χ3n) is 3.33. The lowest BCUT2D eigenvalue weighted by atomic mass is 10.2. The lowest BCUT2D eigenvalue weighted by Crippen LogP contribution is -2.45. The minimum absolute atomic E-state index is 0.783. The van der Waals surface area contributed by atoms with Crippen LogP contribution in [-0.4, -0.2) is 47.5 Å². The Morgan fingerprint density at radius 1 is 1.29 bits per heavy atom. The maximum absolute atomic E-state index is 5.46. The van der Waals surface area contributed by atoms with E-state index >= 15 is 0 Å². The molecule has 0 saturated carbocycles. The van der Waals surface area contributed by atoms with Gasteiger partial charge in [0.25, 0.3) is 0 Å². The number of hydrogen-bond acceptors (Lipinski definition) is 5. The first kappa shape index (κ1) is 12.3. The molecule has 0 aromatic carbocycles. The molecule has 0 aliphatic carbocycles. The molecular weight excluding hydrogens is 214 g/mol. The van der Waals surface area contributed by atoms with Gasteiger partial charge in [-0.3, -0.25) is 4.90 Å². The van der Waals surface area contributed by atoms with E-state index in [1.54, 1.807) is 6.20 Å². The molecule has 3 N–H and O–H groups in total. The van der Waals surface area contributed by atoms with Crippen LogP contribution in [0.2, 0.25) is 0 Å². The highest BCUT2D eigenvalue weighted by atomic mass is 15.3. The van der Waals surface area contributed by atoms with Crippen LogP contribution in [0, 0.1) is 0 Å². The Labute approximate surface area is 103 Å². The van der Waals surface area contributed by atoms with E-state index in [9.17, 15) is 0 Å². The molecule has 94 valence electrons. The summed E-state index contributed by atoms with van der Waals surface area (Å²) >= 11 is 0. The number of likely N-dealkylation sites (N-methyl/N-ethyl adjacent to an activating group) is 1. The number of nitrogens with two attached hydrogens (primary N) is 1. The molecule has 1 aliphatic rings. The maximum Gasteiger partial charge on any atom is 0.144 e. The number of aromatic nitrogens is 1. The van der Waals surface area contributed by atoms with Gasteiger partial charge in [0.15, 0.2) is 0 Å². The number of piperazine rings is 1. The second-order valence-electron chi connectivity index (χ2n) is 4.37. The summed E-state index contributed by atoms with van der Waals surface area (Å²) in [5.41, 5.74) is 3.82. The monoisotopic (exact) mass is 235 g/mol. The van der Waals surface area contributed by atoms with Crippen molar-refractivity contribution in [2.45, 2.75) is 13.5 Å². The molecule has 0 spiro atoms. The molecule has 17 heavy (non-hydrogen) atoms. The number of rotatable bonds is 4. The fraction of sp³-hybridized carbons (Fsp3) is 0.583. The Morgan fingerprint density at radius 3 is 2.65 bits per heavy atom. The summed E-state index contributed by atoms with van der Waals surface area (Å²) < 4.78 is 0. The van der Waals surface area contributed by atoms with Gasteiger partial charge in [-0.05, 0) is 12.6 Å². The van der Waals surface area contributed by atoms with Crippen molar-refractivity contribution in [1.82, 2.24) is 14.8 Å². The molecule has 2 heterocycles. The van der Waals surface area contributed by atoms with Crippen LogP contribution < -0.4 is 11.3 Å². The molecule has 0 radical (unpaired) electrons. The number of nitrogens with zero attached hydrogens (tertiary/aromatic N) is 3. The minimum Gasteiger partial charge on any atom is -0.308 e. The predicted molar refractivity (Wildman–Crippen MR) is 69.4 cm³/mol. The zero-order chi connectivity index (χ0) is 12.1. The van der Waals surface area contributed by atoms with Crippen LogP contribution in [0.15, 0.2) is 18.3 Å². The third kappa shape index (κ3) is 3.15. The van der Waals surface area contributed by atoms with Gasteiger partial charge in [0.05, 0.1) is 0 Å². The van der Waals surface area contributed by atoms with Crippen LogP contribution in [0.5, 0.6) is 0 Å². The molecule has 2 rings (SSSR count). The Balaban J connectivity index is 1.93. The lowest BCUT2D eigenvalue weighted by Gasteiger charge is -2.34. The van der Waals surface area contributed by atoms with Crippen LogP contribution in [0.4, 0.5) is 5.82 Å². The van der Waals surface area contributed by atoms with Gasteiger partial charge in [-0.15, -0.1) is 0 Å². The normalized spacial score (nSPS) is 18.2. The van der Waals surface area contributed by atoms with E-state index in [0.717, 1.165) is 45.1 Å². The van der Waals surface area contributed by atoms with Gasteiger partial charge in [-0.2, -0.15) is 0 Å². The van der Waals surface area contributed by atoms with Gasteiger partial charge < -0.3 is 10.3 Å². The largest absolute Gasteiger partial charge is 0.308 e. The Hall–Kier alpha value is -1.17. The van der Waals surface area contributed by atoms with Crippen molar-refractivity contribution >= 4 is 5.82 Å². The summed E-state index contributed by atoms with van der Waals surface area (Å²) in [6.07, 6.45) is 1.76. The van der Waals surface area contributed by atoms with Crippen molar-refractivity contribution in [1.29, 1.82) is 0 Å². The molecule has 1 aromatic heterocycles. The van der Waals surface area contributed by atoms with Gasteiger partial charge in [0.2, 0.25) is 0 Å². The van der Waals surface area contributed by atoms with Crippen molar-refractivity contribution in [2.75, 3.05) is 38.1 Å². The van der Waals surface area contributed by atoms with E-state index in [1.165, 1.54) is 5.56 Å². The first-order valence-electron chi connectivity index (χ1n) is 6.18. The van der Waals surface area contributed by atoms with Crippen LogP contribution in [-0.2, 0) is 6.54 Å². The van der Waals surface area contributed by atoms with Crippen LogP contribution >= 0.6 is 0 Å². The Kier molecular flexibility index (Phi) is 4.30. The lowest BCUT2D eigenvalue weighted by molar-refractivity contribution is 0.132. The van der Waals surface area contributed by atoms with Crippen molar-refractivity contribution < 1.29 is 0 Å². The van der Waals surface area contributed by atoms with E-state index in [0.29, 0.717) is 0 Å². The average Bonchev–Trinajstić information content (AvgIpc) is 2.40. The number of nitrogens with one attached hydrogen (secondary N) is 1. The number of hydrazine groups is 1. The van der Waals surface area contributed by atoms with Crippen molar-refractivity contribution in [3.8, 4) is 0 Å². The highest BCUT2D eigenvalue weighted by molar-refractivity contribution is 5.42. The molecule has 1 fully saturated rings. The molecular formula is C12H21N5. The van der Waals surface area contributed by atoms with Crippen molar-refractivity contribution in [3.63, 3.8) is 0 Å². The fourth-order valence-electron chi connectivity index (χ4n) is 2.20. The van der Waals surface area contributed by atoms with Crippen molar-refractivity contribution in [2.24, 2.45) is 5.84 Å². The first-order valence-corrected chi connectivity index (χ1v) is 6.18. The molecule has 5 heteroatoms. The summed E-state index contributed by atoms with van der Waals surface area (Å²) in [4.78, 5) is 9.14. The summed E-state index contributed by atoms with van der Waals surface area (Å²) in [6, 6.07) is 4.03. The van der Waals surface area contributed by atoms with E-state index < -0.39 is 0 Å². The van der Waals surface area contributed by atoms with Crippen LogP contribution in [0.25, 0.3) is 0 Å². The second-order valence-corrected chi connectivity index (χ2v) is 4.37. The summed E-state index contributed by atoms with van der Waals surface area (Å²) in [5.74, 6) is 6.24. The molecule has 1 saturated heterocycles. The SMILES string of the molecule is CCN1CCN(Cc2cccnc2NN)CC1. The Bertz CT molecular complexity index is 347. The molecule has 0 bridgehead atoms. The number of anilines is 1. The van der Waals surface area contributed by atoms with Crippen molar-refractivity contribution in [3.05, 3.63) is 23.9 Å². The van der Waals surface area contributed by atoms with Gasteiger partial charge in [0.1, 0.15) is 5.82 Å². The van der Waals surface area contributed by atoms with E-state index in [4.69, 9.17) is 5.84 Å². The third-order valence-corrected chi connectivity index (χ3v) is 3.33. The highest BCUT2D eigenvalue weighted by Crippen LogP contribution is 2.14. The van der Waals surface area contributed by atoms with Crippen LogP contribution in [0.1, 0.15) is 12.5 Å². The summed E-state index contributed by atoms with van der Waals surface area (Å²) in [6.45, 7) is 8.83. The molecule has 1 aliphatic heterocycles. The summed E-state index contributed by atoms with van der Waals surface area (Å²) in [5, 5.41) is 0. The maximum atomic E-state index is 5.46. The second kappa shape index (κ2) is 5.95. The fourth-order valence-corrected chi connectivity index (χ4v) is 2.20. The number of pyridine rings is 1. The van der Waals surface area contributed by atoms with E-state index in [1.807, 2.05) is 6.07 Å². The smallest absolute Gasteiger partial charge is 0.144 e. The first-order chi connectivity index (χ1) is 8.33. The molecule has 0 unspecified atom stereocenters. The molecule has 0 atom stereocenters. The molecule has 1 aromatic rings. The standard InChI is InChI=1S/C12H21N5/c1-2-16-6-8-17(9-7-16)10-11-4-3-5-14-12(11)15-13/h3-5H,2,6-10,13H2,1H3,(H,14,15). The van der Waals surface area contributed by atoms with Gasteiger partial charge in [0, 0.05) is 44.5 Å². The topological polar surface area (TPSA) is 57.4 Å². The zero-order valence-corrected chi connectivity index (χ0v) is 10.4. The van der Waals surface area contributed by atoms with Gasteiger partial charge in [-0.25, -0.2) is 10.8 Å². The molecule has 0 amide bonds. The number of hydrogen-bond donors (Lipinski definition) is 2. The van der Waals surface area contributed by atoms with Gasteiger partial charge in [-0.1, -0.05) is 13.0 Å². The number of nitrogen functional groups attached to an aromatic ring is 1.